The van der Waals surface area contributed by atoms with Gasteiger partial charge in [0.1, 0.15) is 12.0 Å². The lowest BCUT2D eigenvalue weighted by Crippen LogP contribution is -2.15. The van der Waals surface area contributed by atoms with Crippen LogP contribution < -0.4 is 5.76 Å². The maximum atomic E-state index is 12.0. The molecule has 0 saturated heterocycles. The van der Waals surface area contributed by atoms with Gasteiger partial charge in [0.2, 0.25) is 0 Å². The maximum Gasteiger partial charge on any atom is 0.419 e. The third-order valence-electron chi connectivity index (χ3n) is 3.73. The zero-order valence-corrected chi connectivity index (χ0v) is 13.2. The molecule has 4 rings (SSSR count). The van der Waals surface area contributed by atoms with Gasteiger partial charge in [-0.2, -0.15) is 0 Å². The molecule has 0 N–H and O–H groups in total. The second-order valence-corrected chi connectivity index (χ2v) is 6.33. The van der Waals surface area contributed by atoms with Crippen molar-refractivity contribution in [1.82, 2.24) is 9.55 Å². The van der Waals surface area contributed by atoms with Crippen LogP contribution in [-0.4, -0.2) is 9.55 Å². The summed E-state index contributed by atoms with van der Waals surface area (Å²) < 4.78 is 13.3. The summed E-state index contributed by atoms with van der Waals surface area (Å²) >= 11 is 3.40. The van der Waals surface area contributed by atoms with E-state index in [1.54, 1.807) is 10.8 Å². The lowest BCUT2D eigenvalue weighted by Gasteiger charge is -2.04. The van der Waals surface area contributed by atoms with Crippen molar-refractivity contribution >= 4 is 15.9 Å². The average molecular weight is 361 g/mol. The van der Waals surface area contributed by atoms with E-state index in [2.05, 4.69) is 20.9 Å². The van der Waals surface area contributed by atoms with Gasteiger partial charge in [-0.1, -0.05) is 28.1 Å². The van der Waals surface area contributed by atoms with E-state index in [9.17, 15) is 4.79 Å². The van der Waals surface area contributed by atoms with Gasteiger partial charge in [-0.25, -0.2) is 9.78 Å². The van der Waals surface area contributed by atoms with Gasteiger partial charge in [-0.05, 0) is 25.0 Å². The van der Waals surface area contributed by atoms with Crippen LogP contribution in [0.15, 0.2) is 54.8 Å². The number of benzene rings is 1. The minimum atomic E-state index is -0.401. The number of oxazole rings is 2. The highest BCUT2D eigenvalue weighted by Gasteiger charge is 2.28. The molecular weight excluding hydrogens is 348 g/mol. The van der Waals surface area contributed by atoms with Crippen molar-refractivity contribution in [1.29, 1.82) is 0 Å². The first-order valence-electron chi connectivity index (χ1n) is 7.09. The first kappa shape index (κ1) is 13.6. The summed E-state index contributed by atoms with van der Waals surface area (Å²) in [4.78, 5) is 16.2. The minimum Gasteiger partial charge on any atom is -0.444 e. The van der Waals surface area contributed by atoms with E-state index in [1.807, 2.05) is 24.3 Å². The second-order valence-electron chi connectivity index (χ2n) is 5.42. The van der Waals surface area contributed by atoms with E-state index in [1.165, 1.54) is 6.26 Å². The summed E-state index contributed by atoms with van der Waals surface area (Å²) in [7, 11) is 0. The average Bonchev–Trinajstić information content (AvgIpc) is 3.17. The fourth-order valence-electron chi connectivity index (χ4n) is 2.40. The molecule has 3 aromatic rings. The molecule has 1 fully saturated rings. The number of halogens is 1. The minimum absolute atomic E-state index is 0.320. The molecular formula is C16H13BrN2O3. The number of hydrogen-bond acceptors (Lipinski definition) is 4. The number of aromatic nitrogens is 2. The van der Waals surface area contributed by atoms with E-state index in [4.69, 9.17) is 8.83 Å². The molecule has 0 aliphatic heterocycles. The molecule has 0 radical (unpaired) electrons. The van der Waals surface area contributed by atoms with Gasteiger partial charge in [0, 0.05) is 16.0 Å². The fraction of sp³-hybridized carbons (Fsp3) is 0.250. The lowest BCUT2D eigenvalue weighted by atomic mass is 10.2. The number of nitrogens with zero attached hydrogens (tertiary/aromatic N) is 2. The molecule has 22 heavy (non-hydrogen) atoms. The molecule has 0 atom stereocenters. The molecule has 6 heteroatoms. The fourth-order valence-corrected chi connectivity index (χ4v) is 2.66. The van der Waals surface area contributed by atoms with Gasteiger partial charge in [0.15, 0.2) is 5.89 Å². The summed E-state index contributed by atoms with van der Waals surface area (Å²) in [6, 6.07) is 7.72. The predicted molar refractivity (Wildman–Crippen MR) is 83.7 cm³/mol. The molecule has 1 aromatic carbocycles. The highest BCUT2D eigenvalue weighted by molar-refractivity contribution is 9.10. The quantitative estimate of drug-likeness (QED) is 0.710. The standard InChI is InChI=1S/C16H13BrN2O3/c17-12-5-3-10(4-6-12)14-9-21-16(20)19(14)8-13-7-18-15(22-13)11-1-2-11/h3-7,9,11H,1-2,8H2. The Morgan fingerprint density at radius 1 is 1.27 bits per heavy atom. The Kier molecular flexibility index (Phi) is 3.26. The lowest BCUT2D eigenvalue weighted by molar-refractivity contribution is 0.429. The van der Waals surface area contributed by atoms with E-state index >= 15 is 0 Å². The highest BCUT2D eigenvalue weighted by Crippen LogP contribution is 2.39. The Morgan fingerprint density at radius 3 is 2.77 bits per heavy atom. The molecule has 0 bridgehead atoms. The highest BCUT2D eigenvalue weighted by atomic mass is 79.9. The van der Waals surface area contributed by atoms with E-state index in [0.717, 1.165) is 34.5 Å². The third-order valence-corrected chi connectivity index (χ3v) is 4.26. The SMILES string of the molecule is O=c1occ(-c2ccc(Br)cc2)n1Cc1cnc(C2CC2)o1. The molecule has 0 unspecified atom stereocenters. The van der Waals surface area contributed by atoms with Crippen LogP contribution in [0, 0.1) is 0 Å². The normalized spacial score (nSPS) is 14.4. The Balaban J connectivity index is 1.67. The Hall–Kier alpha value is -2.08. The molecule has 0 amide bonds. The Bertz CT molecular complexity index is 856. The molecule has 1 saturated carbocycles. The van der Waals surface area contributed by atoms with Gasteiger partial charge in [-0.15, -0.1) is 0 Å². The number of hydrogen-bond donors (Lipinski definition) is 0. The van der Waals surface area contributed by atoms with Gasteiger partial charge in [0.25, 0.3) is 0 Å². The zero-order valence-electron chi connectivity index (χ0n) is 11.7. The topological polar surface area (TPSA) is 61.2 Å². The van der Waals surface area contributed by atoms with Gasteiger partial charge in [-0.3, -0.25) is 4.57 Å². The van der Waals surface area contributed by atoms with Crippen LogP contribution in [-0.2, 0) is 6.54 Å². The van der Waals surface area contributed by atoms with Crippen LogP contribution in [0.25, 0.3) is 11.3 Å². The molecule has 0 spiro atoms. The summed E-state index contributed by atoms with van der Waals surface area (Å²) in [5.74, 6) is 1.50. The molecule has 112 valence electrons. The Labute approximate surface area is 134 Å². The van der Waals surface area contributed by atoms with Gasteiger partial charge >= 0.3 is 5.76 Å². The van der Waals surface area contributed by atoms with Crippen LogP contribution in [0.3, 0.4) is 0 Å². The van der Waals surface area contributed by atoms with Crippen molar-refractivity contribution < 1.29 is 8.83 Å². The largest absolute Gasteiger partial charge is 0.444 e. The van der Waals surface area contributed by atoms with Crippen LogP contribution in [0.2, 0.25) is 0 Å². The monoisotopic (exact) mass is 360 g/mol. The smallest absolute Gasteiger partial charge is 0.419 e. The van der Waals surface area contributed by atoms with Crippen molar-refractivity contribution in [3.8, 4) is 11.3 Å². The molecule has 1 aliphatic carbocycles. The molecule has 5 nitrogen and oxygen atoms in total. The van der Waals surface area contributed by atoms with Crippen LogP contribution in [0.4, 0.5) is 0 Å². The number of rotatable bonds is 4. The van der Waals surface area contributed by atoms with Crippen molar-refractivity contribution in [3.63, 3.8) is 0 Å². The first-order chi connectivity index (χ1) is 10.7. The molecule has 2 heterocycles. The van der Waals surface area contributed by atoms with Crippen LogP contribution in [0.1, 0.15) is 30.4 Å². The zero-order chi connectivity index (χ0) is 15.1. The predicted octanol–water partition coefficient (Wildman–Crippen LogP) is 3.78. The summed E-state index contributed by atoms with van der Waals surface area (Å²) in [6.45, 7) is 0.320. The second kappa shape index (κ2) is 5.28. The van der Waals surface area contributed by atoms with Crippen LogP contribution >= 0.6 is 15.9 Å². The van der Waals surface area contributed by atoms with Crippen LogP contribution in [0.5, 0.6) is 0 Å². The molecule has 2 aromatic heterocycles. The molecule has 1 aliphatic rings. The summed E-state index contributed by atoms with van der Waals surface area (Å²) in [6.07, 6.45) is 5.44. The van der Waals surface area contributed by atoms with E-state index in [-0.39, 0.29) is 0 Å². The van der Waals surface area contributed by atoms with Crippen molar-refractivity contribution in [2.75, 3.05) is 0 Å². The first-order valence-corrected chi connectivity index (χ1v) is 7.89. The maximum absolute atomic E-state index is 12.0. The Morgan fingerprint density at radius 2 is 2.05 bits per heavy atom. The van der Waals surface area contributed by atoms with Crippen molar-refractivity contribution in [3.05, 3.63) is 63.4 Å². The van der Waals surface area contributed by atoms with Crippen molar-refractivity contribution in [2.24, 2.45) is 0 Å². The summed E-state index contributed by atoms with van der Waals surface area (Å²) in [5, 5.41) is 0. The van der Waals surface area contributed by atoms with Crippen molar-refractivity contribution in [2.45, 2.75) is 25.3 Å². The third kappa shape index (κ3) is 2.54. The summed E-state index contributed by atoms with van der Waals surface area (Å²) in [5.41, 5.74) is 1.64. The van der Waals surface area contributed by atoms with Gasteiger partial charge in [0.05, 0.1) is 18.4 Å². The van der Waals surface area contributed by atoms with E-state index < -0.39 is 5.76 Å². The van der Waals surface area contributed by atoms with E-state index in [0.29, 0.717) is 18.2 Å². The van der Waals surface area contributed by atoms with Gasteiger partial charge < -0.3 is 8.83 Å².